The third-order valence-corrected chi connectivity index (χ3v) is 13.4. The zero-order valence-corrected chi connectivity index (χ0v) is 43.4. The second kappa shape index (κ2) is 46.1. The third kappa shape index (κ3) is 48.7. The minimum atomic E-state index is -4.57. The second-order valence-electron chi connectivity index (χ2n) is 19.9. The molecule has 0 aliphatic heterocycles. The zero-order chi connectivity index (χ0) is 46.4. The number of carbonyl (C=O) groups excluding carboxylic acids is 1. The molecular weight excluding hydrogens is 804 g/mol. The molecule has 1 amide bonds. The predicted octanol–water partition coefficient (Wildman–Crippen LogP) is 15.4. The minimum Gasteiger partial charge on any atom is -0.756 e. The molecule has 9 heteroatoms. The maximum absolute atomic E-state index is 12.9. The zero-order valence-electron chi connectivity index (χ0n) is 42.5. The molecule has 0 aromatic heterocycles. The van der Waals surface area contributed by atoms with E-state index in [0.29, 0.717) is 23.9 Å². The Kier molecular flexibility index (Phi) is 45.4. The van der Waals surface area contributed by atoms with Crippen LogP contribution in [0, 0.1) is 0 Å². The van der Waals surface area contributed by atoms with Gasteiger partial charge >= 0.3 is 0 Å². The van der Waals surface area contributed by atoms with Crippen LogP contribution in [0.1, 0.15) is 264 Å². The molecule has 0 rings (SSSR count). The van der Waals surface area contributed by atoms with E-state index in [1.165, 1.54) is 193 Å². The number of aliphatic hydroxyl groups excluding tert-OH is 1. The first-order chi connectivity index (χ1) is 30.5. The molecular formula is C54H107N2O6P. The molecule has 0 aromatic carbocycles. The van der Waals surface area contributed by atoms with Crippen LogP contribution < -0.4 is 10.2 Å². The Balaban J connectivity index is 4.11. The van der Waals surface area contributed by atoms with Gasteiger partial charge in [0.05, 0.1) is 39.9 Å². The monoisotopic (exact) mass is 911 g/mol. The molecule has 0 heterocycles. The number of rotatable bonds is 50. The van der Waals surface area contributed by atoms with Gasteiger partial charge in [-0.3, -0.25) is 9.36 Å². The van der Waals surface area contributed by atoms with Crippen LogP contribution in [0.3, 0.4) is 0 Å². The lowest BCUT2D eigenvalue weighted by Gasteiger charge is -2.30. The molecule has 0 saturated heterocycles. The van der Waals surface area contributed by atoms with Crippen molar-refractivity contribution in [3.8, 4) is 0 Å². The van der Waals surface area contributed by atoms with Crippen molar-refractivity contribution in [1.29, 1.82) is 0 Å². The summed E-state index contributed by atoms with van der Waals surface area (Å²) in [5.41, 5.74) is 0. The van der Waals surface area contributed by atoms with Crippen molar-refractivity contribution in [3.05, 3.63) is 24.3 Å². The van der Waals surface area contributed by atoms with Gasteiger partial charge in [-0.15, -0.1) is 0 Å². The summed E-state index contributed by atoms with van der Waals surface area (Å²) in [4.78, 5) is 25.5. The second-order valence-corrected chi connectivity index (χ2v) is 21.4. The third-order valence-electron chi connectivity index (χ3n) is 12.4. The predicted molar refractivity (Wildman–Crippen MR) is 270 cm³/mol. The molecule has 0 aliphatic rings. The van der Waals surface area contributed by atoms with E-state index in [-0.39, 0.29) is 19.1 Å². The van der Waals surface area contributed by atoms with E-state index in [2.05, 4.69) is 43.5 Å². The van der Waals surface area contributed by atoms with E-state index in [4.69, 9.17) is 9.05 Å². The molecule has 63 heavy (non-hydrogen) atoms. The normalized spacial score (nSPS) is 14.2. The lowest BCUT2D eigenvalue weighted by molar-refractivity contribution is -0.870. The number of amides is 1. The fraction of sp³-hybridized carbons (Fsp3) is 0.907. The largest absolute Gasteiger partial charge is 0.756 e. The lowest BCUT2D eigenvalue weighted by atomic mass is 10.0. The topological polar surface area (TPSA) is 108 Å². The number of allylic oxidation sites excluding steroid dienone is 4. The van der Waals surface area contributed by atoms with E-state index in [1.54, 1.807) is 0 Å². The number of unbranched alkanes of at least 4 members (excludes halogenated alkanes) is 33. The highest BCUT2D eigenvalue weighted by molar-refractivity contribution is 7.45. The van der Waals surface area contributed by atoms with Crippen LogP contribution >= 0.6 is 7.82 Å². The first-order valence-corrected chi connectivity index (χ1v) is 28.6. The van der Waals surface area contributed by atoms with Crippen molar-refractivity contribution in [2.75, 3.05) is 40.9 Å². The molecule has 374 valence electrons. The van der Waals surface area contributed by atoms with Gasteiger partial charge in [-0.1, -0.05) is 237 Å². The van der Waals surface area contributed by atoms with Crippen LogP contribution in [0.25, 0.3) is 0 Å². The van der Waals surface area contributed by atoms with Gasteiger partial charge in [0.2, 0.25) is 5.91 Å². The van der Waals surface area contributed by atoms with Gasteiger partial charge in [-0.25, -0.2) is 0 Å². The summed E-state index contributed by atoms with van der Waals surface area (Å²) in [6.07, 6.45) is 56.3. The molecule has 0 bridgehead atoms. The van der Waals surface area contributed by atoms with Crippen LogP contribution in [0.4, 0.5) is 0 Å². The summed E-state index contributed by atoms with van der Waals surface area (Å²) >= 11 is 0. The minimum absolute atomic E-state index is 0.0138. The standard InChI is InChI=1S/C54H107N2O6P/c1-6-8-10-12-14-16-18-20-22-23-24-25-26-27-28-29-30-31-32-33-34-36-38-40-42-44-46-48-54(58)55-52(51-62-63(59,60)61-50-49-56(3,4)5)53(57)47-45-43-41-39-37-35-21-19-17-15-13-11-9-7-2/h18,20,23-24,52-53,57H,6-17,19,21-22,25-51H2,1-5H3,(H-,55,58,59,60)/b20-18-,24-23-. The van der Waals surface area contributed by atoms with Crippen LogP contribution in [0.15, 0.2) is 24.3 Å². The van der Waals surface area contributed by atoms with Gasteiger partial charge in [-0.05, 0) is 44.9 Å². The first-order valence-electron chi connectivity index (χ1n) is 27.2. The number of phosphoric acid groups is 1. The number of nitrogens with one attached hydrogen (secondary N) is 1. The molecule has 0 aromatic rings. The van der Waals surface area contributed by atoms with Gasteiger partial charge in [0, 0.05) is 6.42 Å². The Morgan fingerprint density at radius 3 is 1.32 bits per heavy atom. The Morgan fingerprint density at radius 1 is 0.556 bits per heavy atom. The molecule has 3 atom stereocenters. The van der Waals surface area contributed by atoms with Crippen LogP contribution in [0.5, 0.6) is 0 Å². The molecule has 0 radical (unpaired) electrons. The maximum atomic E-state index is 12.9. The van der Waals surface area contributed by atoms with Gasteiger partial charge < -0.3 is 28.8 Å². The first kappa shape index (κ1) is 62.0. The average Bonchev–Trinajstić information content (AvgIpc) is 3.24. The maximum Gasteiger partial charge on any atom is 0.268 e. The molecule has 2 N–H and O–H groups in total. The van der Waals surface area contributed by atoms with Crippen LogP contribution in [-0.4, -0.2) is 68.5 Å². The van der Waals surface area contributed by atoms with Crippen LogP contribution in [-0.2, 0) is 18.4 Å². The van der Waals surface area contributed by atoms with Gasteiger partial charge in [-0.2, -0.15) is 0 Å². The molecule has 0 spiro atoms. The quantitative estimate of drug-likeness (QED) is 0.0272. The Hall–Kier alpha value is -1.02. The Bertz CT molecular complexity index is 1080. The smallest absolute Gasteiger partial charge is 0.268 e. The molecule has 8 nitrogen and oxygen atoms in total. The summed E-state index contributed by atoms with van der Waals surface area (Å²) in [7, 11) is 1.31. The van der Waals surface area contributed by atoms with Gasteiger partial charge in [0.25, 0.3) is 7.82 Å². The number of quaternary nitrogens is 1. The van der Waals surface area contributed by atoms with Gasteiger partial charge in [0.1, 0.15) is 13.2 Å². The number of likely N-dealkylation sites (N-methyl/N-ethyl adjacent to an activating group) is 1. The molecule has 3 unspecified atom stereocenters. The van der Waals surface area contributed by atoms with E-state index in [9.17, 15) is 19.4 Å². The van der Waals surface area contributed by atoms with Crippen molar-refractivity contribution in [1.82, 2.24) is 5.32 Å². The van der Waals surface area contributed by atoms with Crippen molar-refractivity contribution in [2.24, 2.45) is 0 Å². The lowest BCUT2D eigenvalue weighted by Crippen LogP contribution is -2.46. The van der Waals surface area contributed by atoms with Crippen LogP contribution in [0.2, 0.25) is 0 Å². The Labute approximate surface area is 392 Å². The summed E-state index contributed by atoms with van der Waals surface area (Å²) in [6, 6.07) is -0.798. The van der Waals surface area contributed by atoms with Crippen molar-refractivity contribution in [2.45, 2.75) is 276 Å². The fourth-order valence-corrected chi connectivity index (χ4v) is 8.85. The van der Waals surface area contributed by atoms with E-state index >= 15 is 0 Å². The van der Waals surface area contributed by atoms with Gasteiger partial charge in [0.15, 0.2) is 0 Å². The average molecular weight is 911 g/mol. The number of nitrogens with zero attached hydrogens (tertiary/aromatic N) is 1. The van der Waals surface area contributed by atoms with E-state index in [0.717, 1.165) is 44.9 Å². The highest BCUT2D eigenvalue weighted by Crippen LogP contribution is 2.38. The summed E-state index contributed by atoms with van der Waals surface area (Å²) in [5, 5.41) is 14.0. The Morgan fingerprint density at radius 2 is 0.921 bits per heavy atom. The number of carbonyl (C=O) groups is 1. The number of hydrogen-bond acceptors (Lipinski definition) is 6. The molecule has 0 saturated carbocycles. The number of aliphatic hydroxyl groups is 1. The van der Waals surface area contributed by atoms with Crippen molar-refractivity contribution >= 4 is 13.7 Å². The number of phosphoric ester groups is 1. The highest BCUT2D eigenvalue weighted by Gasteiger charge is 2.24. The molecule has 0 aliphatic carbocycles. The SMILES string of the molecule is CCCCCCC/C=C\C/C=C\CCCCCCCCCCCCCCCCCC(=O)NC(COP(=O)([O-])OCC[N+](C)(C)C)C(O)CCCCCCCCCCCCCCCC. The highest BCUT2D eigenvalue weighted by atomic mass is 31.2. The summed E-state index contributed by atoms with van der Waals surface area (Å²) in [6.45, 7) is 4.73. The van der Waals surface area contributed by atoms with Crippen molar-refractivity contribution in [3.63, 3.8) is 0 Å². The summed E-state index contributed by atoms with van der Waals surface area (Å²) in [5.74, 6) is -0.162. The number of hydrogen-bond donors (Lipinski definition) is 2. The fourth-order valence-electron chi connectivity index (χ4n) is 8.13. The van der Waals surface area contributed by atoms with Crippen molar-refractivity contribution < 1.29 is 32.9 Å². The van der Waals surface area contributed by atoms with E-state index in [1.807, 2.05) is 21.1 Å². The molecule has 0 fully saturated rings. The summed E-state index contributed by atoms with van der Waals surface area (Å²) < 4.78 is 23.4. The van der Waals surface area contributed by atoms with E-state index < -0.39 is 20.0 Å².